The molecule has 1 aliphatic heterocycles. The van der Waals surface area contributed by atoms with E-state index < -0.39 is 5.82 Å². The van der Waals surface area contributed by atoms with Crippen LogP contribution in [-0.4, -0.2) is 40.7 Å². The van der Waals surface area contributed by atoms with Crippen LogP contribution < -0.4 is 0 Å². The molecule has 1 N–H and O–H groups in total. The number of hydrogen-bond acceptors (Lipinski definition) is 4. The second-order valence-corrected chi connectivity index (χ2v) is 6.89. The van der Waals surface area contributed by atoms with Gasteiger partial charge in [0.2, 0.25) is 0 Å². The summed E-state index contributed by atoms with van der Waals surface area (Å²) in [6.45, 7) is 0.173. The van der Waals surface area contributed by atoms with Crippen LogP contribution in [0.1, 0.15) is 11.1 Å². The van der Waals surface area contributed by atoms with E-state index >= 15 is 0 Å². The van der Waals surface area contributed by atoms with Crippen molar-refractivity contribution in [3.05, 3.63) is 76.4 Å². The number of hydrogen-bond donors (Lipinski definition) is 1. The van der Waals surface area contributed by atoms with Gasteiger partial charge in [0.1, 0.15) is 5.82 Å². The second kappa shape index (κ2) is 8.29. The van der Waals surface area contributed by atoms with Crippen molar-refractivity contribution >= 4 is 29.1 Å². The van der Waals surface area contributed by atoms with Crippen molar-refractivity contribution in [1.29, 1.82) is 0 Å². The van der Waals surface area contributed by atoms with Crippen LogP contribution in [0.3, 0.4) is 0 Å². The van der Waals surface area contributed by atoms with E-state index in [1.165, 1.54) is 29.2 Å². The topological polar surface area (TPSA) is 57.6 Å². The van der Waals surface area contributed by atoms with Crippen molar-refractivity contribution in [3.63, 3.8) is 0 Å². The number of imide groups is 1. The van der Waals surface area contributed by atoms with Crippen molar-refractivity contribution in [2.75, 3.05) is 18.9 Å². The Balaban J connectivity index is 1.86. The third kappa shape index (κ3) is 3.86. The minimum absolute atomic E-state index is 0.101. The fourth-order valence-electron chi connectivity index (χ4n) is 2.80. The van der Waals surface area contributed by atoms with Crippen molar-refractivity contribution in [3.8, 4) is 0 Å². The molecule has 0 spiro atoms. The molecule has 0 bridgehead atoms. The molecule has 0 radical (unpaired) electrons. The number of amides is 2. The Hall–Kier alpha value is -2.44. The summed E-state index contributed by atoms with van der Waals surface area (Å²) in [6, 6.07) is 15.1. The minimum atomic E-state index is -0.406. The Morgan fingerprint density at radius 2 is 1.65 bits per heavy atom. The van der Waals surface area contributed by atoms with Gasteiger partial charge in [0.05, 0.1) is 17.1 Å². The van der Waals surface area contributed by atoms with Gasteiger partial charge in [0.25, 0.3) is 11.8 Å². The highest BCUT2D eigenvalue weighted by atomic mass is 32.2. The first-order chi connectivity index (χ1) is 12.6. The molecule has 2 aromatic rings. The number of nitrogens with zero attached hydrogens (tertiary/aromatic N) is 1. The third-order valence-electron chi connectivity index (χ3n) is 4.06. The Morgan fingerprint density at radius 3 is 2.31 bits per heavy atom. The standard InChI is InChI=1S/C20H18FNO3S/c21-16-8-6-15(7-9-16)17-18(26-13-12-23)20(25)22(19(17)24)11-10-14-4-2-1-3-5-14/h1-9,23H,10-13H2. The molecule has 1 heterocycles. The van der Waals surface area contributed by atoms with Crippen LogP contribution in [0, 0.1) is 5.82 Å². The summed E-state index contributed by atoms with van der Waals surface area (Å²) in [5.41, 5.74) is 1.82. The van der Waals surface area contributed by atoms with Crippen LogP contribution in [0.2, 0.25) is 0 Å². The van der Waals surface area contributed by atoms with E-state index in [0.29, 0.717) is 22.6 Å². The van der Waals surface area contributed by atoms with Gasteiger partial charge in [0, 0.05) is 12.3 Å². The number of rotatable bonds is 7. The van der Waals surface area contributed by atoms with Crippen molar-refractivity contribution < 1.29 is 19.1 Å². The normalized spacial score (nSPS) is 14.5. The molecular weight excluding hydrogens is 353 g/mol. The number of carbonyl (C=O) groups is 2. The fraction of sp³-hybridized carbons (Fsp3) is 0.200. The Labute approximate surface area is 155 Å². The first-order valence-corrected chi connectivity index (χ1v) is 9.24. The molecular formula is C20H18FNO3S. The quantitative estimate of drug-likeness (QED) is 0.761. The summed E-state index contributed by atoms with van der Waals surface area (Å²) < 4.78 is 13.2. The number of aliphatic hydroxyl groups excluding tert-OH is 1. The summed E-state index contributed by atoms with van der Waals surface area (Å²) in [7, 11) is 0. The molecule has 3 rings (SSSR count). The van der Waals surface area contributed by atoms with Gasteiger partial charge in [-0.3, -0.25) is 14.5 Å². The summed E-state index contributed by atoms with van der Waals surface area (Å²) in [5, 5.41) is 9.09. The SMILES string of the molecule is O=C1C(SCCO)=C(c2ccc(F)cc2)C(=O)N1CCc1ccccc1. The molecule has 0 fully saturated rings. The first-order valence-electron chi connectivity index (χ1n) is 8.26. The summed E-state index contributed by atoms with van der Waals surface area (Å²) in [4.78, 5) is 27.2. The molecule has 26 heavy (non-hydrogen) atoms. The molecule has 1 aliphatic rings. The summed E-state index contributed by atoms with van der Waals surface area (Å²) in [6.07, 6.45) is 0.562. The second-order valence-electron chi connectivity index (χ2n) is 5.78. The van der Waals surface area contributed by atoms with Gasteiger partial charge in [-0.2, -0.15) is 0 Å². The van der Waals surface area contributed by atoms with E-state index in [9.17, 15) is 14.0 Å². The molecule has 134 valence electrons. The number of thioether (sulfide) groups is 1. The largest absolute Gasteiger partial charge is 0.396 e. The lowest BCUT2D eigenvalue weighted by atomic mass is 10.1. The van der Waals surface area contributed by atoms with E-state index in [0.717, 1.165) is 17.3 Å². The lowest BCUT2D eigenvalue weighted by molar-refractivity contribution is -0.136. The maximum atomic E-state index is 13.2. The predicted octanol–water partition coefficient (Wildman–Crippen LogP) is 2.87. The number of aliphatic hydroxyl groups is 1. The summed E-state index contributed by atoms with van der Waals surface area (Å²) >= 11 is 1.15. The maximum absolute atomic E-state index is 13.2. The first kappa shape index (κ1) is 18.4. The number of benzene rings is 2. The van der Waals surface area contributed by atoms with Crippen LogP contribution in [0.15, 0.2) is 59.5 Å². The van der Waals surface area contributed by atoms with Gasteiger partial charge in [-0.1, -0.05) is 42.5 Å². The van der Waals surface area contributed by atoms with Crippen molar-refractivity contribution in [2.45, 2.75) is 6.42 Å². The van der Waals surface area contributed by atoms with Crippen molar-refractivity contribution in [2.24, 2.45) is 0 Å². The Kier molecular flexibility index (Phi) is 5.85. The van der Waals surface area contributed by atoms with E-state index in [2.05, 4.69) is 0 Å². The molecule has 4 nitrogen and oxygen atoms in total. The molecule has 2 aromatic carbocycles. The van der Waals surface area contributed by atoms with Crippen LogP contribution in [0.25, 0.3) is 5.57 Å². The third-order valence-corrected chi connectivity index (χ3v) is 5.12. The average Bonchev–Trinajstić information content (AvgIpc) is 2.89. The average molecular weight is 371 g/mol. The zero-order chi connectivity index (χ0) is 18.5. The molecule has 6 heteroatoms. The highest BCUT2D eigenvalue weighted by Gasteiger charge is 2.38. The highest BCUT2D eigenvalue weighted by molar-refractivity contribution is 8.04. The Morgan fingerprint density at radius 1 is 0.962 bits per heavy atom. The summed E-state index contributed by atoms with van der Waals surface area (Å²) in [5.74, 6) is -0.829. The van der Waals surface area contributed by atoms with Crippen molar-refractivity contribution in [1.82, 2.24) is 4.90 Å². The smallest absolute Gasteiger partial charge is 0.267 e. The maximum Gasteiger partial charge on any atom is 0.267 e. The Bertz CT molecular complexity index is 834. The minimum Gasteiger partial charge on any atom is -0.396 e. The van der Waals surface area contributed by atoms with E-state index in [-0.39, 0.29) is 30.5 Å². The van der Waals surface area contributed by atoms with Gasteiger partial charge in [-0.05, 0) is 29.7 Å². The van der Waals surface area contributed by atoms with Gasteiger partial charge < -0.3 is 5.11 Å². The highest BCUT2D eigenvalue weighted by Crippen LogP contribution is 2.36. The zero-order valence-electron chi connectivity index (χ0n) is 14.0. The van der Waals surface area contributed by atoms with E-state index in [1.54, 1.807) is 0 Å². The zero-order valence-corrected chi connectivity index (χ0v) is 14.8. The van der Waals surface area contributed by atoms with E-state index in [1.807, 2.05) is 30.3 Å². The van der Waals surface area contributed by atoms with Crippen LogP contribution in [0.5, 0.6) is 0 Å². The monoisotopic (exact) mass is 371 g/mol. The molecule has 0 aliphatic carbocycles. The van der Waals surface area contributed by atoms with Gasteiger partial charge in [0.15, 0.2) is 0 Å². The lowest BCUT2D eigenvalue weighted by Crippen LogP contribution is -2.33. The fourth-order valence-corrected chi connectivity index (χ4v) is 3.67. The molecule has 0 saturated carbocycles. The van der Waals surface area contributed by atoms with Gasteiger partial charge >= 0.3 is 0 Å². The van der Waals surface area contributed by atoms with E-state index in [4.69, 9.17) is 5.11 Å². The molecule has 0 aromatic heterocycles. The molecule has 0 atom stereocenters. The molecule has 0 saturated heterocycles. The van der Waals surface area contributed by atoms with Crippen LogP contribution in [0.4, 0.5) is 4.39 Å². The van der Waals surface area contributed by atoms with Gasteiger partial charge in [-0.25, -0.2) is 4.39 Å². The molecule has 0 unspecified atom stereocenters. The molecule has 2 amide bonds. The van der Waals surface area contributed by atoms with Gasteiger partial charge in [-0.15, -0.1) is 11.8 Å². The predicted molar refractivity (Wildman–Crippen MR) is 99.7 cm³/mol. The van der Waals surface area contributed by atoms with Crippen LogP contribution >= 0.6 is 11.8 Å². The lowest BCUT2D eigenvalue weighted by Gasteiger charge is -2.15. The number of halogens is 1. The number of carbonyl (C=O) groups excluding carboxylic acids is 2. The van der Waals surface area contributed by atoms with Crippen LogP contribution in [-0.2, 0) is 16.0 Å².